The number of hydrogen-bond donors (Lipinski definition) is 2. The summed E-state index contributed by atoms with van der Waals surface area (Å²) in [4.78, 5) is 13.9. The number of nitrogens with zero attached hydrogens (tertiary/aromatic N) is 5. The van der Waals surface area contributed by atoms with E-state index in [1.165, 1.54) is 0 Å². The van der Waals surface area contributed by atoms with Crippen LogP contribution in [0.5, 0.6) is 5.75 Å². The number of anilines is 1. The number of para-hydroxylation sites is 1. The minimum atomic E-state index is -0.732. The van der Waals surface area contributed by atoms with E-state index in [1.807, 2.05) is 24.4 Å². The van der Waals surface area contributed by atoms with Crippen LogP contribution in [0.1, 0.15) is 55.6 Å². The van der Waals surface area contributed by atoms with Gasteiger partial charge in [-0.2, -0.15) is 4.52 Å². The topological polar surface area (TPSA) is 111 Å². The molecule has 160 valence electrons. The molecule has 0 spiro atoms. The zero-order chi connectivity index (χ0) is 21.8. The van der Waals surface area contributed by atoms with Crippen molar-refractivity contribution in [3.63, 3.8) is 0 Å². The van der Waals surface area contributed by atoms with Gasteiger partial charge in [-0.25, -0.2) is 9.97 Å². The van der Waals surface area contributed by atoms with Gasteiger partial charge in [0.15, 0.2) is 11.5 Å². The molecule has 1 aromatic carbocycles. The molecule has 0 bridgehead atoms. The van der Waals surface area contributed by atoms with E-state index in [-0.39, 0.29) is 5.92 Å². The van der Waals surface area contributed by atoms with E-state index < -0.39 is 5.60 Å². The molecule has 0 radical (unpaired) electrons. The van der Waals surface area contributed by atoms with Crippen LogP contribution in [0.25, 0.3) is 16.6 Å². The Hall–Kier alpha value is -3.26. The van der Waals surface area contributed by atoms with Crippen LogP contribution < -0.4 is 10.5 Å². The molecule has 1 saturated carbocycles. The van der Waals surface area contributed by atoms with E-state index >= 15 is 0 Å². The average molecular weight is 419 g/mol. The van der Waals surface area contributed by atoms with E-state index in [2.05, 4.69) is 27.2 Å². The smallest absolute Gasteiger partial charge is 0.223 e. The number of hydrogen-bond acceptors (Lipinski definition) is 7. The number of aliphatic hydroxyl groups is 1. The fourth-order valence-electron chi connectivity index (χ4n) is 4.33. The van der Waals surface area contributed by atoms with Crippen LogP contribution in [0.15, 0.2) is 36.5 Å². The second-order valence-electron chi connectivity index (χ2n) is 8.98. The number of aromatic nitrogens is 5. The summed E-state index contributed by atoms with van der Waals surface area (Å²) in [5.41, 5.74) is 8.94. The quantitative estimate of drug-likeness (QED) is 0.512. The van der Waals surface area contributed by atoms with E-state index in [9.17, 15) is 5.11 Å². The van der Waals surface area contributed by atoms with E-state index in [0.29, 0.717) is 35.2 Å². The lowest BCUT2D eigenvalue weighted by Crippen LogP contribution is -2.23. The second kappa shape index (κ2) is 7.16. The number of pyridine rings is 1. The Bertz CT molecular complexity index is 1250. The summed E-state index contributed by atoms with van der Waals surface area (Å²) in [6.45, 7) is 3.61. The van der Waals surface area contributed by atoms with Gasteiger partial charge in [0.25, 0.3) is 0 Å². The number of ether oxygens (including phenoxy) is 1. The molecule has 8 nitrogen and oxygen atoms in total. The van der Waals surface area contributed by atoms with Gasteiger partial charge in [0.2, 0.25) is 5.95 Å². The van der Waals surface area contributed by atoms with Crippen molar-refractivity contribution in [2.75, 3.05) is 12.8 Å². The predicted octanol–water partition coefficient (Wildman–Crippen LogP) is 3.24. The summed E-state index contributed by atoms with van der Waals surface area (Å²) in [7, 11) is 1.62. The summed E-state index contributed by atoms with van der Waals surface area (Å²) >= 11 is 0. The van der Waals surface area contributed by atoms with Gasteiger partial charge in [0.1, 0.15) is 11.3 Å². The predicted molar refractivity (Wildman–Crippen MR) is 118 cm³/mol. The van der Waals surface area contributed by atoms with Crippen LogP contribution >= 0.6 is 0 Å². The van der Waals surface area contributed by atoms with E-state index in [1.54, 1.807) is 25.5 Å². The first-order valence-corrected chi connectivity index (χ1v) is 10.5. The van der Waals surface area contributed by atoms with Crippen LogP contribution in [-0.2, 0) is 6.42 Å². The van der Waals surface area contributed by atoms with Gasteiger partial charge in [0, 0.05) is 35.5 Å². The van der Waals surface area contributed by atoms with Crippen molar-refractivity contribution in [1.82, 2.24) is 24.6 Å². The fourth-order valence-corrected chi connectivity index (χ4v) is 4.33. The van der Waals surface area contributed by atoms with Crippen molar-refractivity contribution >= 4 is 22.5 Å². The molecule has 0 amide bonds. The number of benzene rings is 1. The highest BCUT2D eigenvalue weighted by Crippen LogP contribution is 2.46. The third-order valence-corrected chi connectivity index (χ3v) is 5.93. The molecule has 3 N–H and O–H groups in total. The summed E-state index contributed by atoms with van der Waals surface area (Å²) in [5.74, 6) is 2.41. The molecular formula is C23H26N6O2. The summed E-state index contributed by atoms with van der Waals surface area (Å²) < 4.78 is 7.04. The van der Waals surface area contributed by atoms with E-state index in [4.69, 9.17) is 15.5 Å². The van der Waals surface area contributed by atoms with Gasteiger partial charge < -0.3 is 15.6 Å². The molecule has 0 aliphatic heterocycles. The van der Waals surface area contributed by atoms with Crippen molar-refractivity contribution in [3.8, 4) is 5.75 Å². The molecule has 1 aliphatic rings. The minimum absolute atomic E-state index is 0.266. The number of rotatable bonds is 5. The SMILES string of the molecule is COc1cccc2c1nc(N)n1nc(C3CC(c4ccc(CC(C)(C)O)cn4)C3)nc21. The molecule has 4 aromatic rings. The lowest BCUT2D eigenvalue weighted by atomic mass is 9.72. The molecule has 31 heavy (non-hydrogen) atoms. The van der Waals surface area contributed by atoms with Crippen molar-refractivity contribution in [2.24, 2.45) is 0 Å². The van der Waals surface area contributed by atoms with Gasteiger partial charge in [-0.3, -0.25) is 4.98 Å². The van der Waals surface area contributed by atoms with Crippen LogP contribution in [-0.4, -0.2) is 42.4 Å². The standard InChI is InChI=1S/C23H26N6O2/c1-23(2,30)11-13-7-8-17(25-12-13)14-9-15(10-14)20-27-21-16-5-4-6-18(31-3)19(16)26-22(24)29(21)28-20/h4-8,12,14-15,30H,9-11H2,1-3H3,(H2,24,26). The van der Waals surface area contributed by atoms with Crippen molar-refractivity contribution < 1.29 is 9.84 Å². The Morgan fingerprint density at radius 1 is 1.16 bits per heavy atom. The molecule has 3 heterocycles. The zero-order valence-corrected chi connectivity index (χ0v) is 17.9. The first-order chi connectivity index (χ1) is 14.8. The highest BCUT2D eigenvalue weighted by Gasteiger charge is 2.35. The number of methoxy groups -OCH3 is 1. The van der Waals surface area contributed by atoms with Crippen LogP contribution in [0.3, 0.4) is 0 Å². The van der Waals surface area contributed by atoms with Crippen molar-refractivity contribution in [2.45, 2.75) is 50.5 Å². The lowest BCUT2D eigenvalue weighted by Gasteiger charge is -2.33. The Balaban J connectivity index is 1.37. The third kappa shape index (κ3) is 3.57. The van der Waals surface area contributed by atoms with Crippen molar-refractivity contribution in [3.05, 3.63) is 53.6 Å². The van der Waals surface area contributed by atoms with Gasteiger partial charge in [-0.15, -0.1) is 5.10 Å². The monoisotopic (exact) mass is 418 g/mol. The Morgan fingerprint density at radius 3 is 2.65 bits per heavy atom. The highest BCUT2D eigenvalue weighted by atomic mass is 16.5. The zero-order valence-electron chi connectivity index (χ0n) is 17.9. The summed E-state index contributed by atoms with van der Waals surface area (Å²) in [6, 6.07) is 9.86. The number of nitrogen functional groups attached to an aromatic ring is 1. The molecular weight excluding hydrogens is 392 g/mol. The highest BCUT2D eigenvalue weighted by molar-refractivity contribution is 5.95. The first-order valence-electron chi connectivity index (χ1n) is 10.5. The molecule has 0 atom stereocenters. The van der Waals surface area contributed by atoms with Gasteiger partial charge in [-0.05, 0) is 50.5 Å². The second-order valence-corrected chi connectivity index (χ2v) is 8.98. The number of fused-ring (bicyclic) bond motifs is 3. The largest absolute Gasteiger partial charge is 0.494 e. The molecule has 3 aromatic heterocycles. The minimum Gasteiger partial charge on any atom is -0.494 e. The maximum absolute atomic E-state index is 9.98. The molecule has 0 saturated heterocycles. The maximum atomic E-state index is 9.98. The Labute approximate surface area is 180 Å². The maximum Gasteiger partial charge on any atom is 0.223 e. The summed E-state index contributed by atoms with van der Waals surface area (Å²) in [6.07, 6.45) is 4.36. The van der Waals surface area contributed by atoms with Crippen LogP contribution in [0.2, 0.25) is 0 Å². The fraction of sp³-hybridized carbons (Fsp3) is 0.391. The lowest BCUT2D eigenvalue weighted by molar-refractivity contribution is 0.0809. The van der Waals surface area contributed by atoms with Gasteiger partial charge in [0.05, 0.1) is 12.7 Å². The Kier molecular flexibility index (Phi) is 4.55. The normalized spacial score (nSPS) is 19.0. The summed E-state index contributed by atoms with van der Waals surface area (Å²) in [5, 5.41) is 15.5. The third-order valence-electron chi connectivity index (χ3n) is 5.93. The Morgan fingerprint density at radius 2 is 1.97 bits per heavy atom. The average Bonchev–Trinajstić information content (AvgIpc) is 3.12. The van der Waals surface area contributed by atoms with E-state index in [0.717, 1.165) is 35.3 Å². The molecule has 5 rings (SSSR count). The van der Waals surface area contributed by atoms with Crippen LogP contribution in [0.4, 0.5) is 5.95 Å². The number of nitrogens with two attached hydrogens (primary N) is 1. The molecule has 8 heteroatoms. The van der Waals surface area contributed by atoms with Crippen LogP contribution in [0, 0.1) is 0 Å². The van der Waals surface area contributed by atoms with Gasteiger partial charge in [-0.1, -0.05) is 12.1 Å². The van der Waals surface area contributed by atoms with Crippen molar-refractivity contribution in [1.29, 1.82) is 0 Å². The van der Waals surface area contributed by atoms with Gasteiger partial charge >= 0.3 is 0 Å². The molecule has 0 unspecified atom stereocenters. The molecule has 1 aliphatic carbocycles. The first kappa shape index (κ1) is 19.7. The molecule has 1 fully saturated rings.